The average molecular weight is 287 g/mol. The highest BCUT2D eigenvalue weighted by Gasteiger charge is 2.04. The van der Waals surface area contributed by atoms with Crippen molar-refractivity contribution in [3.8, 4) is 0 Å². The molecule has 0 amide bonds. The van der Waals surface area contributed by atoms with E-state index in [1.807, 2.05) is 11.4 Å². The van der Waals surface area contributed by atoms with Gasteiger partial charge in [0.2, 0.25) is 0 Å². The minimum atomic E-state index is 0.0876. The van der Waals surface area contributed by atoms with Crippen LogP contribution in [-0.4, -0.2) is 14.9 Å². The predicted molar refractivity (Wildman–Crippen MR) is 66.9 cm³/mol. The van der Waals surface area contributed by atoms with Crippen LogP contribution in [0.4, 0.5) is 0 Å². The van der Waals surface area contributed by atoms with Crippen molar-refractivity contribution in [1.82, 2.24) is 9.55 Å². The van der Waals surface area contributed by atoms with Crippen molar-refractivity contribution in [2.75, 3.05) is 5.33 Å². The lowest BCUT2D eigenvalue weighted by Crippen LogP contribution is -2.19. The van der Waals surface area contributed by atoms with Crippen LogP contribution in [0.3, 0.4) is 0 Å². The highest BCUT2D eigenvalue weighted by atomic mass is 79.9. The van der Waals surface area contributed by atoms with Crippen molar-refractivity contribution in [1.29, 1.82) is 0 Å². The summed E-state index contributed by atoms with van der Waals surface area (Å²) in [6, 6.07) is 1.88. The van der Waals surface area contributed by atoms with Crippen molar-refractivity contribution in [3.63, 3.8) is 0 Å². The predicted octanol–water partition coefficient (Wildman–Crippen LogP) is 2.63. The number of rotatable bonds is 4. The number of thiophene rings is 1. The minimum Gasteiger partial charge on any atom is -0.298 e. The average Bonchev–Trinajstić information content (AvgIpc) is 2.70. The molecule has 0 bridgehead atoms. The maximum atomic E-state index is 11.9. The zero-order chi connectivity index (χ0) is 10.7. The Labute approximate surface area is 99.9 Å². The van der Waals surface area contributed by atoms with Gasteiger partial charge in [-0.3, -0.25) is 9.36 Å². The Kier molecular flexibility index (Phi) is 3.53. The van der Waals surface area contributed by atoms with Gasteiger partial charge in [0.15, 0.2) is 0 Å². The number of aryl methyl sites for hydroxylation is 1. The van der Waals surface area contributed by atoms with Crippen LogP contribution in [-0.2, 0) is 6.54 Å². The van der Waals surface area contributed by atoms with E-state index in [1.165, 1.54) is 11.3 Å². The first-order chi connectivity index (χ1) is 7.33. The summed E-state index contributed by atoms with van der Waals surface area (Å²) in [4.78, 5) is 16.1. The van der Waals surface area contributed by atoms with Gasteiger partial charge in [-0.2, -0.15) is 0 Å². The summed E-state index contributed by atoms with van der Waals surface area (Å²) in [5.74, 6) is 0. The fourth-order valence-electron chi connectivity index (χ4n) is 1.41. The Hall–Kier alpha value is -0.680. The Morgan fingerprint density at radius 2 is 2.33 bits per heavy atom. The molecule has 0 radical (unpaired) electrons. The summed E-state index contributed by atoms with van der Waals surface area (Å²) in [6.45, 7) is 0.755. The van der Waals surface area contributed by atoms with Crippen LogP contribution in [0, 0.1) is 0 Å². The van der Waals surface area contributed by atoms with E-state index in [4.69, 9.17) is 0 Å². The lowest BCUT2D eigenvalue weighted by Gasteiger charge is -2.03. The molecule has 0 saturated heterocycles. The Balaban J connectivity index is 2.28. The van der Waals surface area contributed by atoms with E-state index in [0.717, 1.165) is 34.9 Å². The minimum absolute atomic E-state index is 0.0876. The largest absolute Gasteiger partial charge is 0.298 e. The van der Waals surface area contributed by atoms with Crippen molar-refractivity contribution in [2.24, 2.45) is 0 Å². The second kappa shape index (κ2) is 4.90. The Bertz CT molecular complexity index is 505. The van der Waals surface area contributed by atoms with Crippen molar-refractivity contribution in [2.45, 2.75) is 19.4 Å². The van der Waals surface area contributed by atoms with E-state index in [0.29, 0.717) is 0 Å². The highest BCUT2D eigenvalue weighted by Crippen LogP contribution is 2.13. The molecule has 0 saturated carbocycles. The van der Waals surface area contributed by atoms with Crippen molar-refractivity contribution >= 4 is 37.5 Å². The molecular formula is C10H11BrN2OS. The maximum Gasteiger partial charge on any atom is 0.271 e. The number of unbranched alkanes of at least 4 members (excludes halogenated alkanes) is 1. The first-order valence-electron chi connectivity index (χ1n) is 4.81. The molecule has 0 aliphatic heterocycles. The molecule has 15 heavy (non-hydrogen) atoms. The van der Waals surface area contributed by atoms with Gasteiger partial charge in [0, 0.05) is 11.9 Å². The number of nitrogens with zero attached hydrogens (tertiary/aromatic N) is 2. The van der Waals surface area contributed by atoms with Gasteiger partial charge in [-0.25, -0.2) is 4.98 Å². The molecule has 0 atom stereocenters. The number of halogens is 1. The third kappa shape index (κ3) is 2.29. The summed E-state index contributed by atoms with van der Waals surface area (Å²) in [7, 11) is 0. The summed E-state index contributed by atoms with van der Waals surface area (Å²) in [6.07, 6.45) is 3.73. The van der Waals surface area contributed by atoms with Gasteiger partial charge < -0.3 is 0 Å². The van der Waals surface area contributed by atoms with E-state index in [9.17, 15) is 4.79 Å². The molecule has 0 spiro atoms. The number of hydrogen-bond donors (Lipinski definition) is 0. The van der Waals surface area contributed by atoms with Gasteiger partial charge in [0.25, 0.3) is 5.56 Å². The molecule has 0 N–H and O–H groups in total. The zero-order valence-electron chi connectivity index (χ0n) is 8.15. The van der Waals surface area contributed by atoms with Gasteiger partial charge in [-0.05, 0) is 24.3 Å². The molecule has 2 rings (SSSR count). The van der Waals surface area contributed by atoms with Crippen LogP contribution in [0.5, 0.6) is 0 Å². The molecule has 0 aliphatic rings. The third-order valence-electron chi connectivity index (χ3n) is 2.22. The monoisotopic (exact) mass is 286 g/mol. The summed E-state index contributed by atoms with van der Waals surface area (Å²) in [5, 5.41) is 2.89. The second-order valence-corrected chi connectivity index (χ2v) is 4.98. The topological polar surface area (TPSA) is 34.9 Å². The summed E-state index contributed by atoms with van der Waals surface area (Å²) < 4.78 is 2.46. The number of alkyl halides is 1. The van der Waals surface area contributed by atoms with Crippen LogP contribution in [0.15, 0.2) is 22.6 Å². The molecule has 2 aromatic heterocycles. The normalized spacial score (nSPS) is 11.0. The molecule has 2 heterocycles. The van der Waals surface area contributed by atoms with Crippen molar-refractivity contribution in [3.05, 3.63) is 28.1 Å². The number of aromatic nitrogens is 2. The molecule has 80 valence electrons. The zero-order valence-corrected chi connectivity index (χ0v) is 10.6. The molecule has 0 fully saturated rings. The van der Waals surface area contributed by atoms with E-state index in [2.05, 4.69) is 20.9 Å². The smallest absolute Gasteiger partial charge is 0.271 e. The molecule has 0 unspecified atom stereocenters. The molecule has 3 nitrogen and oxygen atoms in total. The summed E-state index contributed by atoms with van der Waals surface area (Å²) in [5.41, 5.74) is 0.895. The molecular weight excluding hydrogens is 276 g/mol. The van der Waals surface area contributed by atoms with Gasteiger partial charge in [0.1, 0.15) is 4.70 Å². The van der Waals surface area contributed by atoms with Crippen molar-refractivity contribution < 1.29 is 0 Å². The lowest BCUT2D eigenvalue weighted by atomic mass is 10.3. The first-order valence-corrected chi connectivity index (χ1v) is 6.81. The molecule has 0 aromatic carbocycles. The quantitative estimate of drug-likeness (QED) is 0.640. The number of hydrogen-bond acceptors (Lipinski definition) is 3. The highest BCUT2D eigenvalue weighted by molar-refractivity contribution is 9.09. The fraction of sp³-hybridized carbons (Fsp3) is 0.400. The van der Waals surface area contributed by atoms with Gasteiger partial charge >= 0.3 is 0 Å². The van der Waals surface area contributed by atoms with E-state index in [-0.39, 0.29) is 5.56 Å². The molecule has 0 aliphatic carbocycles. The van der Waals surface area contributed by atoms with Crippen LogP contribution < -0.4 is 5.56 Å². The first kappa shape index (κ1) is 10.8. The van der Waals surface area contributed by atoms with Crippen LogP contribution >= 0.6 is 27.3 Å². The third-order valence-corrected chi connectivity index (χ3v) is 3.67. The maximum absolute atomic E-state index is 11.9. The fourth-order valence-corrected chi connectivity index (χ4v) is 2.60. The lowest BCUT2D eigenvalue weighted by molar-refractivity contribution is 0.612. The van der Waals surface area contributed by atoms with Crippen LogP contribution in [0.1, 0.15) is 12.8 Å². The SMILES string of the molecule is O=c1c2sccc2ncn1CCCCBr. The van der Waals surface area contributed by atoms with Gasteiger partial charge in [-0.15, -0.1) is 11.3 Å². The van der Waals surface area contributed by atoms with E-state index >= 15 is 0 Å². The standard InChI is InChI=1S/C10H11BrN2OS/c11-4-1-2-5-13-7-12-8-3-6-15-9(8)10(13)14/h3,6-7H,1-2,4-5H2. The van der Waals surface area contributed by atoms with Crippen LogP contribution in [0.2, 0.25) is 0 Å². The van der Waals surface area contributed by atoms with E-state index in [1.54, 1.807) is 10.9 Å². The molecule has 2 aromatic rings. The van der Waals surface area contributed by atoms with Gasteiger partial charge in [0.05, 0.1) is 11.8 Å². The summed E-state index contributed by atoms with van der Waals surface area (Å²) >= 11 is 4.84. The van der Waals surface area contributed by atoms with Gasteiger partial charge in [-0.1, -0.05) is 15.9 Å². The Morgan fingerprint density at radius 3 is 3.13 bits per heavy atom. The molecule has 5 heteroatoms. The van der Waals surface area contributed by atoms with Crippen LogP contribution in [0.25, 0.3) is 10.2 Å². The van der Waals surface area contributed by atoms with E-state index < -0.39 is 0 Å². The number of fused-ring (bicyclic) bond motifs is 1. The Morgan fingerprint density at radius 1 is 1.47 bits per heavy atom. The second-order valence-electron chi connectivity index (χ2n) is 3.27.